The van der Waals surface area contributed by atoms with Crippen molar-refractivity contribution in [3.8, 4) is 28.3 Å². The van der Waals surface area contributed by atoms with Crippen LogP contribution in [0.25, 0.3) is 61.1 Å². The topological polar surface area (TPSA) is 43.9 Å². The number of para-hydroxylation sites is 2. The molecular formula is C44H41IrN3OSi-2. The van der Waals surface area contributed by atoms with Crippen LogP contribution in [-0.4, -0.2) is 22.6 Å². The van der Waals surface area contributed by atoms with E-state index in [0.29, 0.717) is 5.92 Å². The first-order valence-electron chi connectivity index (χ1n) is 17.0. The zero-order valence-corrected chi connectivity index (χ0v) is 32.8. The number of hydrogen-bond donors (Lipinski definition) is 0. The van der Waals surface area contributed by atoms with Gasteiger partial charge in [0.1, 0.15) is 0 Å². The SMILES string of the molecule is CC(C)Cc1cc(-c2[c-]cccc2)ncc1[Si](C)(C)C.Cc1ccc2o[c-]c(-c3nc4ccccc4n3-c3ccc4ccccc4c3)c2c1.[Ir]. The number of furan rings is 1. The Bertz CT molecular complexity index is 2400. The van der Waals surface area contributed by atoms with Gasteiger partial charge in [0.15, 0.2) is 0 Å². The molecule has 0 saturated heterocycles. The normalized spacial score (nSPS) is 11.5. The van der Waals surface area contributed by atoms with Gasteiger partial charge in [0, 0.05) is 43.8 Å². The van der Waals surface area contributed by atoms with Crippen molar-refractivity contribution in [1.29, 1.82) is 0 Å². The average Bonchev–Trinajstić information content (AvgIpc) is 3.69. The predicted octanol–water partition coefficient (Wildman–Crippen LogP) is 11.0. The molecule has 8 aromatic rings. The first-order valence-corrected chi connectivity index (χ1v) is 20.5. The summed E-state index contributed by atoms with van der Waals surface area (Å²) in [5.74, 6) is 1.51. The van der Waals surface area contributed by atoms with E-state index in [1.165, 1.54) is 27.1 Å². The van der Waals surface area contributed by atoms with E-state index in [2.05, 4.69) is 141 Å². The van der Waals surface area contributed by atoms with Gasteiger partial charge >= 0.3 is 0 Å². The third kappa shape index (κ3) is 7.29. The Labute approximate surface area is 309 Å². The molecule has 6 heteroatoms. The maximum atomic E-state index is 5.74. The van der Waals surface area contributed by atoms with Gasteiger partial charge in [0.2, 0.25) is 0 Å². The molecule has 5 aromatic carbocycles. The molecule has 0 aliphatic heterocycles. The molecule has 8 rings (SSSR count). The number of benzene rings is 5. The minimum absolute atomic E-state index is 0. The van der Waals surface area contributed by atoms with Crippen LogP contribution in [0.2, 0.25) is 19.6 Å². The van der Waals surface area contributed by atoms with Crippen molar-refractivity contribution >= 4 is 46.0 Å². The van der Waals surface area contributed by atoms with Crippen molar-refractivity contribution < 1.29 is 24.5 Å². The fourth-order valence-corrected chi connectivity index (χ4v) is 8.10. The number of fused-ring (bicyclic) bond motifs is 3. The Hall–Kier alpha value is -4.61. The zero-order valence-electron chi connectivity index (χ0n) is 29.4. The molecule has 0 N–H and O–H groups in total. The molecule has 0 atom stereocenters. The minimum Gasteiger partial charge on any atom is -0.557 e. The largest absolute Gasteiger partial charge is 0.557 e. The summed E-state index contributed by atoms with van der Waals surface area (Å²) < 4.78 is 7.94. The van der Waals surface area contributed by atoms with Crippen LogP contribution >= 0.6 is 0 Å². The molecular weight excluding hydrogens is 807 g/mol. The Kier molecular flexibility index (Phi) is 10.4. The number of nitrogens with zero attached hydrogens (tertiary/aromatic N) is 3. The molecule has 1 radical (unpaired) electrons. The van der Waals surface area contributed by atoms with E-state index >= 15 is 0 Å². The number of rotatable bonds is 6. The van der Waals surface area contributed by atoms with Gasteiger partial charge in [0.05, 0.1) is 24.9 Å². The van der Waals surface area contributed by atoms with Crippen molar-refractivity contribution in [2.24, 2.45) is 5.92 Å². The van der Waals surface area contributed by atoms with Crippen LogP contribution in [0.4, 0.5) is 0 Å². The van der Waals surface area contributed by atoms with Gasteiger partial charge in [-0.3, -0.25) is 4.98 Å². The Morgan fingerprint density at radius 1 is 0.820 bits per heavy atom. The van der Waals surface area contributed by atoms with E-state index in [1.54, 1.807) is 0 Å². The minimum atomic E-state index is -1.34. The number of hydrogen-bond acceptors (Lipinski definition) is 3. The summed E-state index contributed by atoms with van der Waals surface area (Å²) in [5.41, 5.74) is 9.57. The number of aromatic nitrogens is 3. The number of aryl methyl sites for hydroxylation is 1. The monoisotopic (exact) mass is 848 g/mol. The fraction of sp³-hybridized carbons (Fsp3) is 0.182. The first kappa shape index (κ1) is 35.2. The third-order valence-corrected chi connectivity index (χ3v) is 10.9. The molecule has 0 aliphatic rings. The Morgan fingerprint density at radius 2 is 1.58 bits per heavy atom. The van der Waals surface area contributed by atoms with Crippen LogP contribution in [0.1, 0.15) is 25.0 Å². The van der Waals surface area contributed by atoms with Crippen LogP contribution in [0, 0.1) is 25.2 Å². The van der Waals surface area contributed by atoms with Gasteiger partial charge < -0.3 is 14.0 Å². The summed E-state index contributed by atoms with van der Waals surface area (Å²) in [4.78, 5) is 9.65. The molecule has 0 unspecified atom stereocenters. The van der Waals surface area contributed by atoms with E-state index in [4.69, 9.17) is 9.40 Å². The standard InChI is InChI=1S/C26H17N2O.C18H24NSi.Ir/c1-17-10-13-25-21(14-17)22(16-29-25)26-27-23-8-4-5-9-24(23)28(26)20-12-11-18-6-2-3-7-19(18)15-20;1-14(2)11-16-12-17(15-9-7-6-8-10-15)19-13-18(16)20(3,4)5;/h2-15H,1H3;6-9,12-14H,11H2,1-5H3;/q2*-1;. The van der Waals surface area contributed by atoms with Gasteiger partial charge in [0.25, 0.3) is 0 Å². The van der Waals surface area contributed by atoms with Gasteiger partial charge in [-0.15, -0.1) is 35.9 Å². The van der Waals surface area contributed by atoms with Gasteiger partial charge in [-0.25, -0.2) is 0 Å². The molecule has 0 aliphatic carbocycles. The van der Waals surface area contributed by atoms with Crippen LogP contribution in [0.5, 0.6) is 0 Å². The van der Waals surface area contributed by atoms with E-state index in [-0.39, 0.29) is 20.1 Å². The molecule has 4 nitrogen and oxygen atoms in total. The van der Waals surface area contributed by atoms with Gasteiger partial charge in [-0.05, 0) is 65.2 Å². The summed E-state index contributed by atoms with van der Waals surface area (Å²) in [5, 5.41) is 4.94. The smallest absolute Gasteiger partial charge is 0.0798 e. The molecule has 253 valence electrons. The van der Waals surface area contributed by atoms with Crippen molar-refractivity contribution in [3.63, 3.8) is 0 Å². The first-order chi connectivity index (χ1) is 23.7. The summed E-state index contributed by atoms with van der Waals surface area (Å²) in [7, 11) is -1.34. The molecule has 0 spiro atoms. The number of pyridine rings is 1. The van der Waals surface area contributed by atoms with Crippen molar-refractivity contribution in [2.45, 2.75) is 46.8 Å². The van der Waals surface area contributed by atoms with Gasteiger partial charge in [-0.2, -0.15) is 0 Å². The molecule has 0 saturated carbocycles. The Morgan fingerprint density at radius 3 is 2.34 bits per heavy atom. The molecule has 50 heavy (non-hydrogen) atoms. The van der Waals surface area contributed by atoms with E-state index < -0.39 is 8.07 Å². The van der Waals surface area contributed by atoms with Crippen LogP contribution < -0.4 is 5.19 Å². The molecule has 0 fully saturated rings. The summed E-state index contributed by atoms with van der Waals surface area (Å²) in [6.45, 7) is 13.8. The second kappa shape index (κ2) is 14.7. The van der Waals surface area contributed by atoms with Crippen molar-refractivity contribution in [1.82, 2.24) is 14.5 Å². The second-order valence-electron chi connectivity index (χ2n) is 14.2. The zero-order chi connectivity index (χ0) is 34.1. The fourth-order valence-electron chi connectivity index (χ4n) is 6.51. The summed E-state index contributed by atoms with van der Waals surface area (Å²) in [6.07, 6.45) is 6.35. The van der Waals surface area contributed by atoms with Crippen molar-refractivity contribution in [2.75, 3.05) is 0 Å². The van der Waals surface area contributed by atoms with E-state index in [1.807, 2.05) is 42.5 Å². The van der Waals surface area contributed by atoms with Crippen LogP contribution in [0.3, 0.4) is 0 Å². The van der Waals surface area contributed by atoms with Crippen LogP contribution in [0.15, 0.2) is 126 Å². The Balaban J connectivity index is 0.000000182. The predicted molar refractivity (Wildman–Crippen MR) is 207 cm³/mol. The van der Waals surface area contributed by atoms with Crippen LogP contribution in [-0.2, 0) is 26.5 Å². The molecule has 0 amide bonds. The average molecular weight is 848 g/mol. The molecule has 3 aromatic heterocycles. The quantitative estimate of drug-likeness (QED) is 0.124. The summed E-state index contributed by atoms with van der Waals surface area (Å²) in [6, 6.07) is 42.9. The van der Waals surface area contributed by atoms with E-state index in [0.717, 1.165) is 56.8 Å². The summed E-state index contributed by atoms with van der Waals surface area (Å²) >= 11 is 0. The van der Waals surface area contributed by atoms with E-state index in [9.17, 15) is 0 Å². The maximum absolute atomic E-state index is 5.74. The number of imidazole rings is 1. The molecule has 3 heterocycles. The molecule has 0 bridgehead atoms. The maximum Gasteiger partial charge on any atom is 0.0798 e. The second-order valence-corrected chi connectivity index (χ2v) is 19.3. The van der Waals surface area contributed by atoms with Crippen molar-refractivity contribution in [3.05, 3.63) is 145 Å². The third-order valence-electron chi connectivity index (χ3n) is 8.85. The van der Waals surface area contributed by atoms with Gasteiger partial charge in [-0.1, -0.05) is 122 Å².